The van der Waals surface area contributed by atoms with Crippen LogP contribution in [0, 0.1) is 5.92 Å². The van der Waals surface area contributed by atoms with Crippen LogP contribution < -0.4 is 5.32 Å². The Balaban J connectivity index is 1.60. The third-order valence-corrected chi connectivity index (χ3v) is 5.00. The summed E-state index contributed by atoms with van der Waals surface area (Å²) >= 11 is 0. The van der Waals surface area contributed by atoms with Crippen molar-refractivity contribution < 1.29 is 9.90 Å². The molecule has 1 saturated heterocycles. The quantitative estimate of drug-likeness (QED) is 0.720. The Morgan fingerprint density at radius 2 is 1.92 bits per heavy atom. The van der Waals surface area contributed by atoms with Gasteiger partial charge in [0.15, 0.2) is 0 Å². The first kappa shape index (κ1) is 18.9. The van der Waals surface area contributed by atoms with Gasteiger partial charge in [-0.15, -0.1) is 0 Å². The summed E-state index contributed by atoms with van der Waals surface area (Å²) in [6, 6.07) is 9.37. The molecule has 1 amide bonds. The van der Waals surface area contributed by atoms with Gasteiger partial charge in [-0.25, -0.2) is 0 Å². The first-order valence-electron chi connectivity index (χ1n) is 9.24. The summed E-state index contributed by atoms with van der Waals surface area (Å²) < 4.78 is 0. The van der Waals surface area contributed by atoms with Gasteiger partial charge in [0.2, 0.25) is 5.91 Å². The van der Waals surface area contributed by atoms with Crippen molar-refractivity contribution in [2.24, 2.45) is 5.92 Å². The number of carbonyl (C=O) groups excluding carboxylic acids is 1. The first-order valence-corrected chi connectivity index (χ1v) is 9.24. The van der Waals surface area contributed by atoms with E-state index in [9.17, 15) is 9.90 Å². The topological polar surface area (TPSA) is 52.6 Å². The van der Waals surface area contributed by atoms with Crippen molar-refractivity contribution in [1.29, 1.82) is 0 Å². The third-order valence-electron chi connectivity index (χ3n) is 5.00. The van der Waals surface area contributed by atoms with Gasteiger partial charge in [-0.05, 0) is 63.7 Å². The number of hydrogen-bond acceptors (Lipinski definition) is 3. The molecule has 4 nitrogen and oxygen atoms in total. The maximum atomic E-state index is 12.1. The summed E-state index contributed by atoms with van der Waals surface area (Å²) in [6.07, 6.45) is 4.83. The van der Waals surface area contributed by atoms with Crippen molar-refractivity contribution in [2.75, 3.05) is 26.2 Å². The summed E-state index contributed by atoms with van der Waals surface area (Å²) in [5.41, 5.74) is -0.338. The average molecular weight is 332 g/mol. The fourth-order valence-electron chi connectivity index (χ4n) is 3.25. The molecule has 2 N–H and O–H groups in total. The molecule has 2 rings (SSSR count). The molecule has 1 heterocycles. The fourth-order valence-corrected chi connectivity index (χ4v) is 3.25. The molecule has 0 saturated carbocycles. The zero-order valence-electron chi connectivity index (χ0n) is 15.1. The number of benzene rings is 1. The van der Waals surface area contributed by atoms with Gasteiger partial charge in [-0.1, -0.05) is 37.3 Å². The monoisotopic (exact) mass is 332 g/mol. The van der Waals surface area contributed by atoms with Crippen LogP contribution in [0.4, 0.5) is 0 Å². The lowest BCUT2D eigenvalue weighted by Crippen LogP contribution is -2.35. The van der Waals surface area contributed by atoms with E-state index < -0.39 is 5.60 Å². The van der Waals surface area contributed by atoms with Crippen LogP contribution in [0.2, 0.25) is 0 Å². The molecule has 4 heteroatoms. The second-order valence-corrected chi connectivity index (χ2v) is 7.40. The standard InChI is InChI=1S/C20H32N2O2/c1-17-10-14-22(15-11-17)13-7-6-12-21-19(23)16-20(2,24)18-8-4-3-5-9-18/h3-5,8-9,17,24H,6-7,10-16H2,1-2H3,(H,21,23). The van der Waals surface area contributed by atoms with E-state index in [1.165, 1.54) is 25.9 Å². The van der Waals surface area contributed by atoms with Crippen LogP contribution in [0.15, 0.2) is 30.3 Å². The highest BCUT2D eigenvalue weighted by atomic mass is 16.3. The van der Waals surface area contributed by atoms with E-state index in [1.807, 2.05) is 30.3 Å². The molecular formula is C20H32N2O2. The SMILES string of the molecule is CC1CCN(CCCCNC(=O)CC(C)(O)c2ccccc2)CC1. The number of carbonyl (C=O) groups is 1. The summed E-state index contributed by atoms with van der Waals surface area (Å²) in [6.45, 7) is 8.27. The smallest absolute Gasteiger partial charge is 0.223 e. The lowest BCUT2D eigenvalue weighted by Gasteiger charge is -2.30. The number of hydrogen-bond donors (Lipinski definition) is 2. The number of amides is 1. The van der Waals surface area contributed by atoms with Crippen molar-refractivity contribution in [1.82, 2.24) is 10.2 Å². The molecule has 0 radical (unpaired) electrons. The van der Waals surface area contributed by atoms with Crippen LogP contribution in [0.1, 0.15) is 51.5 Å². The molecule has 1 fully saturated rings. The van der Waals surface area contributed by atoms with Gasteiger partial charge < -0.3 is 15.3 Å². The lowest BCUT2D eigenvalue weighted by molar-refractivity contribution is -0.125. The fraction of sp³-hybridized carbons (Fsp3) is 0.650. The summed E-state index contributed by atoms with van der Waals surface area (Å²) in [5, 5.41) is 13.4. The minimum atomic E-state index is -1.12. The molecular weight excluding hydrogens is 300 g/mol. The Kier molecular flexibility index (Phi) is 7.25. The van der Waals surface area contributed by atoms with Gasteiger partial charge in [0.05, 0.1) is 12.0 Å². The number of rotatable bonds is 8. The molecule has 1 aliphatic rings. The predicted molar refractivity (Wildman–Crippen MR) is 97.7 cm³/mol. The summed E-state index contributed by atoms with van der Waals surface area (Å²) in [4.78, 5) is 14.6. The van der Waals surface area contributed by atoms with Gasteiger partial charge in [0, 0.05) is 6.54 Å². The maximum Gasteiger partial charge on any atom is 0.223 e. The normalized spacial score (nSPS) is 19.0. The molecule has 134 valence electrons. The molecule has 24 heavy (non-hydrogen) atoms. The maximum absolute atomic E-state index is 12.1. The van der Waals surface area contributed by atoms with Gasteiger partial charge >= 0.3 is 0 Å². The van der Waals surface area contributed by atoms with Gasteiger partial charge in [0.1, 0.15) is 0 Å². The first-order chi connectivity index (χ1) is 11.5. The Morgan fingerprint density at radius 3 is 2.58 bits per heavy atom. The van der Waals surface area contributed by atoms with Crippen LogP contribution in [0.25, 0.3) is 0 Å². The van der Waals surface area contributed by atoms with Gasteiger partial charge in [-0.3, -0.25) is 4.79 Å². The van der Waals surface area contributed by atoms with Crippen LogP contribution in [0.5, 0.6) is 0 Å². The number of aliphatic hydroxyl groups is 1. The van der Waals surface area contributed by atoms with E-state index in [2.05, 4.69) is 17.1 Å². The number of nitrogens with one attached hydrogen (secondary N) is 1. The molecule has 0 bridgehead atoms. The summed E-state index contributed by atoms with van der Waals surface area (Å²) in [5.74, 6) is 0.786. The number of nitrogens with zero attached hydrogens (tertiary/aromatic N) is 1. The minimum Gasteiger partial charge on any atom is -0.385 e. The molecule has 0 spiro atoms. The Labute approximate surface area is 146 Å². The summed E-state index contributed by atoms with van der Waals surface area (Å²) in [7, 11) is 0. The zero-order valence-corrected chi connectivity index (χ0v) is 15.1. The molecule has 1 aliphatic heterocycles. The number of piperidine rings is 1. The predicted octanol–water partition coefficient (Wildman–Crippen LogP) is 2.91. The van der Waals surface area contributed by atoms with Crippen LogP contribution in [-0.4, -0.2) is 42.1 Å². The lowest BCUT2D eigenvalue weighted by atomic mass is 9.92. The minimum absolute atomic E-state index is 0.0874. The van der Waals surface area contributed by atoms with Crippen molar-refractivity contribution in [3.05, 3.63) is 35.9 Å². The van der Waals surface area contributed by atoms with E-state index in [-0.39, 0.29) is 12.3 Å². The largest absolute Gasteiger partial charge is 0.385 e. The highest BCUT2D eigenvalue weighted by Gasteiger charge is 2.26. The highest BCUT2D eigenvalue weighted by Crippen LogP contribution is 2.23. The van der Waals surface area contributed by atoms with E-state index in [0.29, 0.717) is 6.54 Å². The number of likely N-dealkylation sites (tertiary alicyclic amines) is 1. The Bertz CT molecular complexity index is 494. The van der Waals surface area contributed by atoms with E-state index >= 15 is 0 Å². The Morgan fingerprint density at radius 1 is 1.25 bits per heavy atom. The third kappa shape index (κ3) is 6.25. The highest BCUT2D eigenvalue weighted by molar-refractivity contribution is 5.77. The second-order valence-electron chi connectivity index (χ2n) is 7.40. The van der Waals surface area contributed by atoms with Gasteiger partial charge in [0.25, 0.3) is 0 Å². The number of unbranched alkanes of at least 4 members (excludes halogenated alkanes) is 1. The molecule has 1 unspecified atom stereocenters. The van der Waals surface area contributed by atoms with Gasteiger partial charge in [-0.2, -0.15) is 0 Å². The molecule has 0 aliphatic carbocycles. The van der Waals surface area contributed by atoms with Crippen LogP contribution >= 0.6 is 0 Å². The molecule has 1 aromatic carbocycles. The average Bonchev–Trinajstić information content (AvgIpc) is 2.56. The van der Waals surface area contributed by atoms with Crippen molar-refractivity contribution >= 4 is 5.91 Å². The van der Waals surface area contributed by atoms with Crippen LogP contribution in [0.3, 0.4) is 0 Å². The van der Waals surface area contributed by atoms with Crippen molar-refractivity contribution in [2.45, 2.75) is 51.6 Å². The van der Waals surface area contributed by atoms with E-state index in [0.717, 1.165) is 30.9 Å². The van der Waals surface area contributed by atoms with Crippen molar-refractivity contribution in [3.63, 3.8) is 0 Å². The zero-order chi connectivity index (χ0) is 17.4. The van der Waals surface area contributed by atoms with Crippen LogP contribution in [-0.2, 0) is 10.4 Å². The second kappa shape index (κ2) is 9.19. The van der Waals surface area contributed by atoms with E-state index in [1.54, 1.807) is 6.92 Å². The Hall–Kier alpha value is -1.39. The van der Waals surface area contributed by atoms with E-state index in [4.69, 9.17) is 0 Å². The molecule has 1 atom stereocenters. The molecule has 1 aromatic rings. The molecule has 0 aromatic heterocycles. The van der Waals surface area contributed by atoms with Crippen molar-refractivity contribution in [3.8, 4) is 0 Å².